The smallest absolute Gasteiger partial charge is 0.239 e. The van der Waals surface area contributed by atoms with Crippen LogP contribution in [-0.2, 0) is 20.4 Å². The maximum Gasteiger partial charge on any atom is 0.239 e. The minimum absolute atomic E-state index is 0.0501. The number of carbonyl (C=O) groups is 2. The molecule has 3 rings (SSSR count). The molecule has 3 unspecified atom stereocenters. The SMILES string of the molecule is CC1C=CC=C(C(c2ccccc2)S(=O)CC(=O)N2CCNC(=O)C2)C1. The number of rotatable bonds is 5. The van der Waals surface area contributed by atoms with Gasteiger partial charge in [-0.05, 0) is 23.5 Å². The van der Waals surface area contributed by atoms with Crippen molar-refractivity contribution in [2.45, 2.75) is 18.6 Å². The zero-order chi connectivity index (χ0) is 18.5. The minimum atomic E-state index is -1.39. The average molecular weight is 372 g/mol. The van der Waals surface area contributed by atoms with Crippen molar-refractivity contribution in [1.82, 2.24) is 10.2 Å². The third-order valence-electron chi connectivity index (χ3n) is 4.67. The molecule has 3 atom stereocenters. The summed E-state index contributed by atoms with van der Waals surface area (Å²) in [7, 11) is -1.39. The van der Waals surface area contributed by atoms with Gasteiger partial charge in [-0.15, -0.1) is 0 Å². The molecule has 1 aliphatic heterocycles. The maximum absolute atomic E-state index is 13.2. The highest BCUT2D eigenvalue weighted by atomic mass is 32.2. The molecule has 0 aromatic heterocycles. The highest BCUT2D eigenvalue weighted by Crippen LogP contribution is 2.34. The van der Waals surface area contributed by atoms with Gasteiger partial charge in [-0.25, -0.2) is 0 Å². The van der Waals surface area contributed by atoms with Gasteiger partial charge in [-0.2, -0.15) is 0 Å². The van der Waals surface area contributed by atoms with Crippen LogP contribution in [-0.4, -0.2) is 46.3 Å². The molecule has 1 heterocycles. The summed E-state index contributed by atoms with van der Waals surface area (Å²) < 4.78 is 13.2. The first-order valence-electron chi connectivity index (χ1n) is 8.88. The number of piperazine rings is 1. The lowest BCUT2D eigenvalue weighted by molar-refractivity contribution is -0.136. The standard InChI is InChI=1S/C20H24N2O3S/c1-15-6-5-9-17(12-15)20(16-7-3-2-4-8-16)26(25)14-19(24)22-11-10-21-18(23)13-22/h2-9,15,20H,10-14H2,1H3,(H,21,23). The Bertz CT molecular complexity index is 758. The molecular weight excluding hydrogens is 348 g/mol. The minimum Gasteiger partial charge on any atom is -0.353 e. The number of nitrogens with zero attached hydrogens (tertiary/aromatic N) is 1. The first-order valence-corrected chi connectivity index (χ1v) is 10.3. The van der Waals surface area contributed by atoms with Crippen LogP contribution in [0.5, 0.6) is 0 Å². The predicted molar refractivity (Wildman–Crippen MR) is 103 cm³/mol. The lowest BCUT2D eigenvalue weighted by atomic mass is 9.91. The van der Waals surface area contributed by atoms with Gasteiger partial charge in [-0.3, -0.25) is 13.8 Å². The Morgan fingerprint density at radius 3 is 2.81 bits per heavy atom. The Balaban J connectivity index is 1.79. The van der Waals surface area contributed by atoms with Crippen LogP contribution in [0, 0.1) is 5.92 Å². The van der Waals surface area contributed by atoms with Gasteiger partial charge in [0.15, 0.2) is 0 Å². The molecule has 1 aromatic carbocycles. The zero-order valence-electron chi connectivity index (χ0n) is 14.9. The molecular formula is C20H24N2O3S. The molecule has 2 aliphatic rings. The number of allylic oxidation sites excluding steroid dienone is 3. The first-order chi connectivity index (χ1) is 12.5. The number of benzene rings is 1. The maximum atomic E-state index is 13.2. The number of hydrogen-bond donors (Lipinski definition) is 1. The van der Waals surface area contributed by atoms with Crippen LogP contribution in [0.2, 0.25) is 0 Å². The van der Waals surface area contributed by atoms with Gasteiger partial charge >= 0.3 is 0 Å². The van der Waals surface area contributed by atoms with E-state index < -0.39 is 10.8 Å². The van der Waals surface area contributed by atoms with Gasteiger partial charge in [0.05, 0.1) is 11.8 Å². The number of nitrogens with one attached hydrogen (secondary N) is 1. The molecule has 0 radical (unpaired) electrons. The van der Waals surface area contributed by atoms with Crippen LogP contribution in [0.1, 0.15) is 24.2 Å². The van der Waals surface area contributed by atoms with Crippen molar-refractivity contribution >= 4 is 22.6 Å². The Morgan fingerprint density at radius 2 is 2.12 bits per heavy atom. The van der Waals surface area contributed by atoms with E-state index in [0.717, 1.165) is 17.6 Å². The topological polar surface area (TPSA) is 66.5 Å². The third kappa shape index (κ3) is 4.49. The van der Waals surface area contributed by atoms with E-state index in [1.165, 1.54) is 4.90 Å². The van der Waals surface area contributed by atoms with Gasteiger partial charge in [0, 0.05) is 23.9 Å². The molecule has 5 nitrogen and oxygen atoms in total. The predicted octanol–water partition coefficient (Wildman–Crippen LogP) is 1.96. The van der Waals surface area contributed by atoms with Gasteiger partial charge in [0.2, 0.25) is 11.8 Å². The normalized spacial score (nSPS) is 22.3. The van der Waals surface area contributed by atoms with E-state index in [0.29, 0.717) is 19.0 Å². The Hall–Kier alpha value is -2.21. The Morgan fingerprint density at radius 1 is 1.35 bits per heavy atom. The highest BCUT2D eigenvalue weighted by molar-refractivity contribution is 7.86. The van der Waals surface area contributed by atoms with E-state index >= 15 is 0 Å². The van der Waals surface area contributed by atoms with Gasteiger partial charge in [0.25, 0.3) is 0 Å². The van der Waals surface area contributed by atoms with Crippen molar-refractivity contribution in [3.8, 4) is 0 Å². The molecule has 26 heavy (non-hydrogen) atoms. The summed E-state index contributed by atoms with van der Waals surface area (Å²) in [4.78, 5) is 25.6. The van der Waals surface area contributed by atoms with Gasteiger partial charge < -0.3 is 10.2 Å². The van der Waals surface area contributed by atoms with Crippen LogP contribution in [0.4, 0.5) is 0 Å². The lowest BCUT2D eigenvalue weighted by Gasteiger charge is -2.28. The summed E-state index contributed by atoms with van der Waals surface area (Å²) >= 11 is 0. The highest BCUT2D eigenvalue weighted by Gasteiger charge is 2.29. The van der Waals surface area contributed by atoms with Crippen molar-refractivity contribution in [3.05, 3.63) is 59.7 Å². The molecule has 1 saturated heterocycles. The van der Waals surface area contributed by atoms with Crippen molar-refractivity contribution in [3.63, 3.8) is 0 Å². The van der Waals surface area contributed by atoms with Crippen molar-refractivity contribution in [1.29, 1.82) is 0 Å². The van der Waals surface area contributed by atoms with Crippen LogP contribution >= 0.6 is 0 Å². The average Bonchev–Trinajstić information content (AvgIpc) is 2.63. The van der Waals surface area contributed by atoms with Crippen molar-refractivity contribution < 1.29 is 13.8 Å². The van der Waals surface area contributed by atoms with E-state index in [2.05, 4.69) is 18.3 Å². The van der Waals surface area contributed by atoms with E-state index in [1.54, 1.807) is 0 Å². The summed E-state index contributed by atoms with van der Waals surface area (Å²) in [6.07, 6.45) is 7.00. The zero-order valence-corrected chi connectivity index (χ0v) is 15.7. The second kappa shape index (κ2) is 8.45. The Kier molecular flexibility index (Phi) is 6.04. The van der Waals surface area contributed by atoms with Crippen LogP contribution in [0.3, 0.4) is 0 Å². The molecule has 0 saturated carbocycles. The molecule has 2 amide bonds. The van der Waals surface area contributed by atoms with Crippen molar-refractivity contribution in [2.24, 2.45) is 5.92 Å². The second-order valence-electron chi connectivity index (χ2n) is 6.79. The monoisotopic (exact) mass is 372 g/mol. The fourth-order valence-electron chi connectivity index (χ4n) is 3.38. The van der Waals surface area contributed by atoms with Crippen molar-refractivity contribution in [2.75, 3.05) is 25.4 Å². The lowest BCUT2D eigenvalue weighted by Crippen LogP contribution is -2.51. The largest absolute Gasteiger partial charge is 0.353 e. The Labute approximate surface area is 156 Å². The summed E-state index contributed by atoms with van der Waals surface area (Å²) in [6.45, 7) is 3.10. The molecule has 0 bridgehead atoms. The molecule has 1 aromatic rings. The summed E-state index contributed by atoms with van der Waals surface area (Å²) in [5, 5.41) is 2.40. The second-order valence-corrected chi connectivity index (χ2v) is 8.31. The molecule has 0 spiro atoms. The number of hydrogen-bond acceptors (Lipinski definition) is 3. The van der Waals surface area contributed by atoms with E-state index in [9.17, 15) is 13.8 Å². The van der Waals surface area contributed by atoms with E-state index in [-0.39, 0.29) is 29.4 Å². The van der Waals surface area contributed by atoms with Crippen LogP contribution in [0.25, 0.3) is 0 Å². The fourth-order valence-corrected chi connectivity index (χ4v) is 4.95. The molecule has 138 valence electrons. The first kappa shape index (κ1) is 18.6. The fraction of sp³-hybridized carbons (Fsp3) is 0.400. The van der Waals surface area contributed by atoms with E-state index in [1.807, 2.05) is 42.5 Å². The third-order valence-corrected chi connectivity index (χ3v) is 6.30. The quantitative estimate of drug-likeness (QED) is 0.859. The number of amides is 2. The summed E-state index contributed by atoms with van der Waals surface area (Å²) in [5.74, 6) is -0.0646. The van der Waals surface area contributed by atoms with Gasteiger partial charge in [-0.1, -0.05) is 55.5 Å². The molecule has 1 aliphatic carbocycles. The van der Waals surface area contributed by atoms with E-state index in [4.69, 9.17) is 0 Å². The molecule has 6 heteroatoms. The van der Waals surface area contributed by atoms with Gasteiger partial charge in [0.1, 0.15) is 5.75 Å². The number of carbonyl (C=O) groups excluding carboxylic acids is 2. The molecule has 1 fully saturated rings. The summed E-state index contributed by atoms with van der Waals surface area (Å²) in [6, 6.07) is 9.72. The van der Waals surface area contributed by atoms with Crippen LogP contribution in [0.15, 0.2) is 54.1 Å². The van der Waals surface area contributed by atoms with Crippen LogP contribution < -0.4 is 5.32 Å². The summed E-state index contributed by atoms with van der Waals surface area (Å²) in [5.41, 5.74) is 2.05. The molecule has 1 N–H and O–H groups in total.